The van der Waals surface area contributed by atoms with Crippen molar-refractivity contribution in [1.82, 2.24) is 5.32 Å². The van der Waals surface area contributed by atoms with Gasteiger partial charge in [0.1, 0.15) is 5.82 Å². The van der Waals surface area contributed by atoms with E-state index >= 15 is 0 Å². The number of hydrogen-bond acceptors (Lipinski definition) is 3. The highest BCUT2D eigenvalue weighted by Crippen LogP contribution is 2.26. The van der Waals surface area contributed by atoms with Crippen molar-refractivity contribution in [1.29, 1.82) is 0 Å². The first kappa shape index (κ1) is 15.9. The van der Waals surface area contributed by atoms with Crippen LogP contribution < -0.4 is 5.32 Å². The number of halogens is 1. The number of aliphatic hydroxyl groups is 1. The molecule has 1 atom stereocenters. The summed E-state index contributed by atoms with van der Waals surface area (Å²) in [6.07, 6.45) is 1.24. The van der Waals surface area contributed by atoms with Gasteiger partial charge in [0.15, 0.2) is 0 Å². The molecule has 0 aliphatic rings. The molecule has 0 radical (unpaired) electrons. The number of carbonyl (C=O) groups is 1. The number of carbonyl (C=O) groups excluding carboxylic acids is 1. The fourth-order valence-corrected chi connectivity index (χ4v) is 3.40. The Balaban J connectivity index is 2.02. The van der Waals surface area contributed by atoms with E-state index < -0.39 is 6.10 Å². The maximum absolute atomic E-state index is 13.1. The average molecular weight is 309 g/mol. The van der Waals surface area contributed by atoms with Crippen molar-refractivity contribution in [2.24, 2.45) is 5.92 Å². The summed E-state index contributed by atoms with van der Waals surface area (Å²) in [6.45, 7) is 4.30. The van der Waals surface area contributed by atoms with E-state index in [1.165, 1.54) is 23.5 Å². The van der Waals surface area contributed by atoms with Crippen molar-refractivity contribution in [3.8, 4) is 0 Å². The Hall–Kier alpha value is -1.46. The third-order valence-electron chi connectivity index (χ3n) is 3.77. The molecule has 2 N–H and O–H groups in total. The molecule has 2 aromatic rings. The van der Waals surface area contributed by atoms with Crippen LogP contribution in [0.1, 0.15) is 36.4 Å². The van der Waals surface area contributed by atoms with E-state index in [0.29, 0.717) is 4.88 Å². The summed E-state index contributed by atoms with van der Waals surface area (Å²) in [7, 11) is 0. The molecule has 1 amide bonds. The molecular weight excluding hydrogens is 289 g/mol. The summed E-state index contributed by atoms with van der Waals surface area (Å²) in [4.78, 5) is 12.6. The van der Waals surface area contributed by atoms with Gasteiger partial charge in [-0.05, 0) is 29.5 Å². The predicted molar refractivity (Wildman–Crippen MR) is 84.2 cm³/mol. The standard InChI is InChI=1S/C16H20FNO2S/c1-3-10(4-2)13(19)9-18-16(20)15-7-11-5-6-12(17)8-14(11)21-15/h5-8,10,13,19H,3-4,9H2,1-2H3,(H,18,20). The summed E-state index contributed by atoms with van der Waals surface area (Å²) in [5.74, 6) is -0.330. The smallest absolute Gasteiger partial charge is 0.261 e. The lowest BCUT2D eigenvalue weighted by molar-refractivity contribution is 0.0819. The normalized spacial score (nSPS) is 12.8. The van der Waals surface area contributed by atoms with Crippen LogP contribution >= 0.6 is 11.3 Å². The quantitative estimate of drug-likeness (QED) is 0.857. The van der Waals surface area contributed by atoms with Crippen molar-refractivity contribution >= 4 is 27.3 Å². The highest BCUT2D eigenvalue weighted by atomic mass is 32.1. The number of hydrogen-bond donors (Lipinski definition) is 2. The maximum atomic E-state index is 13.1. The van der Waals surface area contributed by atoms with Gasteiger partial charge in [-0.1, -0.05) is 32.8 Å². The number of amides is 1. The van der Waals surface area contributed by atoms with Gasteiger partial charge >= 0.3 is 0 Å². The molecule has 114 valence electrons. The van der Waals surface area contributed by atoms with E-state index in [1.807, 2.05) is 13.8 Å². The second-order valence-electron chi connectivity index (χ2n) is 5.15. The molecule has 3 nitrogen and oxygen atoms in total. The summed E-state index contributed by atoms with van der Waals surface area (Å²) in [5, 5.41) is 13.6. The van der Waals surface area contributed by atoms with Crippen LogP contribution in [0.25, 0.3) is 10.1 Å². The molecule has 1 aromatic heterocycles. The van der Waals surface area contributed by atoms with Crippen LogP contribution in [-0.4, -0.2) is 23.7 Å². The molecule has 0 saturated heterocycles. The van der Waals surface area contributed by atoms with E-state index in [4.69, 9.17) is 0 Å². The van der Waals surface area contributed by atoms with Gasteiger partial charge in [-0.25, -0.2) is 4.39 Å². The lowest BCUT2D eigenvalue weighted by Gasteiger charge is -2.20. The Morgan fingerprint density at radius 3 is 2.71 bits per heavy atom. The van der Waals surface area contributed by atoms with Gasteiger partial charge in [0.2, 0.25) is 0 Å². The molecule has 2 rings (SSSR count). The van der Waals surface area contributed by atoms with Gasteiger partial charge in [0.05, 0.1) is 11.0 Å². The fourth-order valence-electron chi connectivity index (χ4n) is 2.40. The van der Waals surface area contributed by atoms with Crippen molar-refractivity contribution in [3.63, 3.8) is 0 Å². The molecule has 5 heteroatoms. The van der Waals surface area contributed by atoms with Crippen LogP contribution in [0.2, 0.25) is 0 Å². The van der Waals surface area contributed by atoms with Crippen molar-refractivity contribution in [2.75, 3.05) is 6.54 Å². The topological polar surface area (TPSA) is 49.3 Å². The molecule has 0 aliphatic carbocycles. The Labute approximate surface area is 127 Å². The molecule has 1 unspecified atom stereocenters. The summed E-state index contributed by atoms with van der Waals surface area (Å²) >= 11 is 1.26. The number of fused-ring (bicyclic) bond motifs is 1. The predicted octanol–water partition coefficient (Wildman–Crippen LogP) is 3.57. The van der Waals surface area contributed by atoms with Gasteiger partial charge in [0, 0.05) is 11.2 Å². The highest BCUT2D eigenvalue weighted by Gasteiger charge is 2.17. The first-order chi connectivity index (χ1) is 10.0. The number of rotatable bonds is 6. The second kappa shape index (κ2) is 7.00. The number of benzene rings is 1. The largest absolute Gasteiger partial charge is 0.391 e. The maximum Gasteiger partial charge on any atom is 0.261 e. The lowest BCUT2D eigenvalue weighted by Crippen LogP contribution is -2.35. The molecule has 1 heterocycles. The highest BCUT2D eigenvalue weighted by molar-refractivity contribution is 7.20. The van der Waals surface area contributed by atoms with Crippen LogP contribution in [0.15, 0.2) is 24.3 Å². The molecular formula is C16H20FNO2S. The van der Waals surface area contributed by atoms with Gasteiger partial charge in [-0.3, -0.25) is 4.79 Å². The summed E-state index contributed by atoms with van der Waals surface area (Å²) in [6, 6.07) is 6.22. The molecule has 0 bridgehead atoms. The minimum absolute atomic E-state index is 0.196. The van der Waals surface area contributed by atoms with Crippen LogP contribution in [0.4, 0.5) is 4.39 Å². The minimum Gasteiger partial charge on any atom is -0.391 e. The lowest BCUT2D eigenvalue weighted by atomic mass is 9.96. The third kappa shape index (κ3) is 3.80. The molecule has 0 saturated carbocycles. The third-order valence-corrected chi connectivity index (χ3v) is 4.87. The zero-order valence-corrected chi connectivity index (χ0v) is 13.0. The van der Waals surface area contributed by atoms with Crippen molar-refractivity contribution in [2.45, 2.75) is 32.8 Å². The number of aliphatic hydroxyl groups excluding tert-OH is 1. The van der Waals surface area contributed by atoms with E-state index in [2.05, 4.69) is 5.32 Å². The van der Waals surface area contributed by atoms with E-state index in [-0.39, 0.29) is 24.2 Å². The summed E-state index contributed by atoms with van der Waals surface area (Å²) < 4.78 is 13.9. The minimum atomic E-state index is -0.532. The van der Waals surface area contributed by atoms with E-state index in [1.54, 1.807) is 12.1 Å². The molecule has 0 spiro atoms. The zero-order chi connectivity index (χ0) is 15.4. The van der Waals surface area contributed by atoms with Crippen LogP contribution in [0.3, 0.4) is 0 Å². The van der Waals surface area contributed by atoms with Crippen molar-refractivity contribution in [3.05, 3.63) is 35.0 Å². The number of nitrogens with one attached hydrogen (secondary N) is 1. The molecule has 21 heavy (non-hydrogen) atoms. The SMILES string of the molecule is CCC(CC)C(O)CNC(=O)c1cc2ccc(F)cc2s1. The molecule has 0 fully saturated rings. The Kier molecular flexibility index (Phi) is 5.31. The van der Waals surface area contributed by atoms with Gasteiger partial charge in [-0.2, -0.15) is 0 Å². The Morgan fingerprint density at radius 2 is 2.05 bits per heavy atom. The van der Waals surface area contributed by atoms with E-state index in [9.17, 15) is 14.3 Å². The van der Waals surface area contributed by atoms with Crippen LogP contribution in [-0.2, 0) is 0 Å². The Bertz CT molecular complexity index is 622. The van der Waals surface area contributed by atoms with Crippen LogP contribution in [0.5, 0.6) is 0 Å². The van der Waals surface area contributed by atoms with Gasteiger partial charge in [-0.15, -0.1) is 11.3 Å². The molecule has 0 aliphatic heterocycles. The first-order valence-electron chi connectivity index (χ1n) is 7.20. The first-order valence-corrected chi connectivity index (χ1v) is 8.02. The van der Waals surface area contributed by atoms with Crippen LogP contribution in [0, 0.1) is 11.7 Å². The second-order valence-corrected chi connectivity index (χ2v) is 6.23. The monoisotopic (exact) mass is 309 g/mol. The number of thiophene rings is 1. The van der Waals surface area contributed by atoms with Crippen molar-refractivity contribution < 1.29 is 14.3 Å². The van der Waals surface area contributed by atoms with E-state index in [0.717, 1.165) is 22.9 Å². The average Bonchev–Trinajstić information content (AvgIpc) is 2.89. The van der Waals surface area contributed by atoms with Gasteiger partial charge in [0.25, 0.3) is 5.91 Å². The molecule has 1 aromatic carbocycles. The Morgan fingerprint density at radius 1 is 1.33 bits per heavy atom. The fraction of sp³-hybridized carbons (Fsp3) is 0.438. The zero-order valence-electron chi connectivity index (χ0n) is 12.2. The van der Waals surface area contributed by atoms with Gasteiger partial charge < -0.3 is 10.4 Å². The summed E-state index contributed by atoms with van der Waals surface area (Å²) in [5.41, 5.74) is 0.